The van der Waals surface area contributed by atoms with E-state index >= 15 is 0 Å². The Balaban J connectivity index is 2.31. The zero-order chi connectivity index (χ0) is 11.4. The van der Waals surface area contributed by atoms with Crippen LogP contribution in [0.2, 0.25) is 0 Å². The van der Waals surface area contributed by atoms with Crippen LogP contribution in [0.3, 0.4) is 0 Å². The van der Waals surface area contributed by atoms with Crippen LogP contribution in [-0.4, -0.2) is 10.2 Å². The van der Waals surface area contributed by atoms with Gasteiger partial charge in [-0.2, -0.15) is 10.2 Å². The van der Waals surface area contributed by atoms with Gasteiger partial charge in [0, 0.05) is 5.56 Å². The fourth-order valence-electron chi connectivity index (χ4n) is 1.45. The Bertz CT molecular complexity index is 481. The third-order valence-corrected chi connectivity index (χ3v) is 2.31. The molecule has 0 saturated carbocycles. The third kappa shape index (κ3) is 2.34. The highest BCUT2D eigenvalue weighted by molar-refractivity contribution is 5.62. The van der Waals surface area contributed by atoms with Crippen LogP contribution in [0.5, 0.6) is 0 Å². The second-order valence-electron chi connectivity index (χ2n) is 3.58. The highest BCUT2D eigenvalue weighted by atomic mass is 15.1. The van der Waals surface area contributed by atoms with Crippen LogP contribution in [-0.2, 0) is 0 Å². The number of hydrogen-bond donors (Lipinski definition) is 0. The van der Waals surface area contributed by atoms with E-state index in [0.29, 0.717) is 0 Å². The van der Waals surface area contributed by atoms with Gasteiger partial charge in [0.15, 0.2) is 0 Å². The van der Waals surface area contributed by atoms with Gasteiger partial charge in [-0.25, -0.2) is 0 Å². The summed E-state index contributed by atoms with van der Waals surface area (Å²) in [6, 6.07) is 12.1. The molecule has 0 amide bonds. The van der Waals surface area contributed by atoms with Gasteiger partial charge in [-0.15, -0.1) is 0 Å². The van der Waals surface area contributed by atoms with E-state index in [0.717, 1.165) is 22.5 Å². The highest BCUT2D eigenvalue weighted by Crippen LogP contribution is 2.17. The molecule has 0 aliphatic rings. The van der Waals surface area contributed by atoms with Gasteiger partial charge in [-0.3, -0.25) is 0 Å². The van der Waals surface area contributed by atoms with Gasteiger partial charge in [0.05, 0.1) is 11.4 Å². The molecule has 1 aromatic carbocycles. The Morgan fingerprint density at radius 2 is 1.75 bits per heavy atom. The molecule has 1 aromatic heterocycles. The summed E-state index contributed by atoms with van der Waals surface area (Å²) in [5.41, 5.74) is 4.05. The maximum Gasteiger partial charge on any atom is 0.0929 e. The smallest absolute Gasteiger partial charge is 0.0929 e. The lowest BCUT2D eigenvalue weighted by molar-refractivity contribution is 0.987. The second kappa shape index (κ2) is 4.71. The van der Waals surface area contributed by atoms with E-state index in [1.807, 2.05) is 49.4 Å². The van der Waals surface area contributed by atoms with Crippen LogP contribution in [0.1, 0.15) is 11.3 Å². The molecular weight excluding hydrogens is 196 g/mol. The highest BCUT2D eigenvalue weighted by Gasteiger charge is 1.98. The minimum atomic E-state index is 0.899. The van der Waals surface area contributed by atoms with Crippen LogP contribution in [0, 0.1) is 13.8 Å². The molecule has 16 heavy (non-hydrogen) atoms. The van der Waals surface area contributed by atoms with E-state index in [1.165, 1.54) is 0 Å². The van der Waals surface area contributed by atoms with Crippen molar-refractivity contribution in [3.63, 3.8) is 0 Å². The number of benzene rings is 1. The number of allylic oxidation sites excluding steroid dienone is 1. The lowest BCUT2D eigenvalue weighted by Crippen LogP contribution is -1.89. The Morgan fingerprint density at radius 1 is 1.00 bits per heavy atom. The summed E-state index contributed by atoms with van der Waals surface area (Å²) < 4.78 is 0. The van der Waals surface area contributed by atoms with Gasteiger partial charge in [0.2, 0.25) is 0 Å². The quantitative estimate of drug-likeness (QED) is 0.758. The maximum atomic E-state index is 4.14. The lowest BCUT2D eigenvalue weighted by Gasteiger charge is -2.00. The van der Waals surface area contributed by atoms with Gasteiger partial charge < -0.3 is 0 Å². The second-order valence-corrected chi connectivity index (χ2v) is 3.58. The summed E-state index contributed by atoms with van der Waals surface area (Å²) in [6.07, 6.45) is 3.74. The van der Waals surface area contributed by atoms with Crippen molar-refractivity contribution in [1.82, 2.24) is 10.2 Å². The van der Waals surface area contributed by atoms with Crippen LogP contribution in [0.25, 0.3) is 17.3 Å². The summed E-state index contributed by atoms with van der Waals surface area (Å²) >= 11 is 0. The van der Waals surface area contributed by atoms with Crippen molar-refractivity contribution < 1.29 is 0 Å². The largest absolute Gasteiger partial charge is 0.155 e. The number of rotatable bonds is 2. The molecule has 0 aliphatic carbocycles. The van der Waals surface area contributed by atoms with Crippen molar-refractivity contribution in [3.8, 4) is 11.3 Å². The van der Waals surface area contributed by atoms with E-state index in [9.17, 15) is 0 Å². The molecule has 2 rings (SSSR count). The first-order valence-corrected chi connectivity index (χ1v) is 5.16. The number of hydrogen-bond acceptors (Lipinski definition) is 2. The summed E-state index contributed by atoms with van der Waals surface area (Å²) in [6.45, 7) is 5.60. The van der Waals surface area contributed by atoms with Crippen molar-refractivity contribution in [2.45, 2.75) is 6.92 Å². The first kappa shape index (κ1) is 10.6. The molecule has 2 heteroatoms. The van der Waals surface area contributed by atoms with Crippen LogP contribution < -0.4 is 0 Å². The third-order valence-electron chi connectivity index (χ3n) is 2.31. The van der Waals surface area contributed by atoms with Crippen molar-refractivity contribution in [1.29, 1.82) is 0 Å². The van der Waals surface area contributed by atoms with Crippen molar-refractivity contribution >= 4 is 6.08 Å². The minimum Gasteiger partial charge on any atom is -0.155 e. The predicted octanol–water partition coefficient (Wildman–Crippen LogP) is 3.30. The van der Waals surface area contributed by atoms with E-state index in [1.54, 1.807) is 6.08 Å². The molecule has 1 radical (unpaired) electrons. The molecule has 0 saturated heterocycles. The topological polar surface area (TPSA) is 25.8 Å². The first-order valence-electron chi connectivity index (χ1n) is 5.16. The molecule has 0 fully saturated rings. The zero-order valence-electron chi connectivity index (χ0n) is 9.22. The van der Waals surface area contributed by atoms with Crippen LogP contribution in [0.15, 0.2) is 42.5 Å². The Hall–Kier alpha value is -1.96. The number of aromatic nitrogens is 2. The first-order chi connectivity index (χ1) is 7.79. The van der Waals surface area contributed by atoms with Crippen LogP contribution in [0.4, 0.5) is 0 Å². The molecule has 79 valence electrons. The van der Waals surface area contributed by atoms with Gasteiger partial charge in [-0.05, 0) is 31.5 Å². The molecule has 0 aliphatic heterocycles. The Kier molecular flexibility index (Phi) is 3.10. The van der Waals surface area contributed by atoms with Gasteiger partial charge in [-0.1, -0.05) is 36.4 Å². The molecule has 1 heterocycles. The Labute approximate surface area is 95.7 Å². The Morgan fingerprint density at radius 3 is 2.31 bits per heavy atom. The summed E-state index contributed by atoms with van der Waals surface area (Å²) in [5.74, 6) is 0. The summed E-state index contributed by atoms with van der Waals surface area (Å²) in [4.78, 5) is 0. The van der Waals surface area contributed by atoms with E-state index < -0.39 is 0 Å². The predicted molar refractivity (Wildman–Crippen MR) is 66.6 cm³/mol. The fraction of sp³-hybridized carbons (Fsp3) is 0.0714. The van der Waals surface area contributed by atoms with Crippen LogP contribution >= 0.6 is 0 Å². The van der Waals surface area contributed by atoms with Gasteiger partial charge >= 0.3 is 0 Å². The standard InChI is InChI=1S/C14H13N2/c1-3-4-12-6-8-13(9-7-12)14-10-5-11(2)15-16-14/h3-10H,1H2,2H3/b4-3+. The molecule has 2 aromatic rings. The fourth-order valence-corrected chi connectivity index (χ4v) is 1.45. The average molecular weight is 209 g/mol. The monoisotopic (exact) mass is 209 g/mol. The van der Waals surface area contributed by atoms with Gasteiger partial charge in [0.25, 0.3) is 0 Å². The minimum absolute atomic E-state index is 0.899. The molecule has 0 bridgehead atoms. The van der Waals surface area contributed by atoms with Crippen molar-refractivity contribution in [2.75, 3.05) is 0 Å². The molecular formula is C14H13N2. The van der Waals surface area contributed by atoms with Gasteiger partial charge in [0.1, 0.15) is 0 Å². The molecule has 0 atom stereocenters. The lowest BCUT2D eigenvalue weighted by atomic mass is 10.1. The maximum absolute atomic E-state index is 4.14. The molecule has 0 spiro atoms. The van der Waals surface area contributed by atoms with Crippen molar-refractivity contribution in [3.05, 3.63) is 60.7 Å². The normalized spacial score (nSPS) is 10.9. The summed E-state index contributed by atoms with van der Waals surface area (Å²) in [5, 5.41) is 8.18. The van der Waals surface area contributed by atoms with E-state index in [2.05, 4.69) is 17.1 Å². The average Bonchev–Trinajstić information content (AvgIpc) is 2.32. The zero-order valence-corrected chi connectivity index (χ0v) is 9.22. The number of aryl methyl sites for hydroxylation is 1. The molecule has 2 nitrogen and oxygen atoms in total. The molecule has 0 N–H and O–H groups in total. The number of nitrogens with zero attached hydrogens (tertiary/aromatic N) is 2. The van der Waals surface area contributed by atoms with E-state index in [4.69, 9.17) is 0 Å². The SMILES string of the molecule is [CH2]/C=C/c1ccc(-c2ccc(C)nn2)cc1. The van der Waals surface area contributed by atoms with E-state index in [-0.39, 0.29) is 0 Å². The summed E-state index contributed by atoms with van der Waals surface area (Å²) in [7, 11) is 0. The molecule has 0 unspecified atom stereocenters. The van der Waals surface area contributed by atoms with Crippen molar-refractivity contribution in [2.24, 2.45) is 0 Å².